The van der Waals surface area contributed by atoms with Gasteiger partial charge >= 0.3 is 6.18 Å². The van der Waals surface area contributed by atoms with E-state index in [2.05, 4.69) is 4.85 Å². The van der Waals surface area contributed by atoms with E-state index in [1.807, 2.05) is 6.92 Å². The second-order valence-electron chi connectivity index (χ2n) is 6.83. The van der Waals surface area contributed by atoms with Crippen molar-refractivity contribution >= 4 is 5.69 Å². The quantitative estimate of drug-likeness (QED) is 0.580. The largest absolute Gasteiger partial charge is 0.494 e. The smallest absolute Gasteiger partial charge is 0.407 e. The fourth-order valence-corrected chi connectivity index (χ4v) is 4.03. The SMILES string of the molecule is [C-]#[N+]c1ccc(-n2c(O)c3c(c2O)C2(CC)C=CC3(C)O2)cc1C(F)(F)F. The number of fused-ring (bicyclic) bond motifs is 5. The minimum Gasteiger partial charge on any atom is -0.494 e. The van der Waals surface area contributed by atoms with Crippen LogP contribution in [0.5, 0.6) is 11.8 Å². The number of halogens is 3. The van der Waals surface area contributed by atoms with E-state index in [-0.39, 0.29) is 17.4 Å². The molecule has 2 bridgehead atoms. The van der Waals surface area contributed by atoms with E-state index in [0.29, 0.717) is 17.5 Å². The average molecular weight is 376 g/mol. The van der Waals surface area contributed by atoms with E-state index in [1.54, 1.807) is 19.1 Å². The number of alkyl halides is 3. The third kappa shape index (κ3) is 2.09. The van der Waals surface area contributed by atoms with Crippen LogP contribution in [0.2, 0.25) is 0 Å². The second kappa shape index (κ2) is 5.08. The summed E-state index contributed by atoms with van der Waals surface area (Å²) in [7, 11) is 0. The molecule has 5 nitrogen and oxygen atoms in total. The molecule has 140 valence electrons. The molecule has 0 saturated heterocycles. The Balaban J connectivity index is 1.98. The van der Waals surface area contributed by atoms with E-state index in [9.17, 15) is 23.4 Å². The summed E-state index contributed by atoms with van der Waals surface area (Å²) < 4.78 is 46.9. The molecular formula is C19H15F3N2O3. The van der Waals surface area contributed by atoms with Gasteiger partial charge in [-0.15, -0.1) is 0 Å². The highest BCUT2D eigenvalue weighted by molar-refractivity contribution is 5.66. The molecule has 2 aromatic rings. The molecule has 2 aliphatic heterocycles. The Labute approximate surface area is 152 Å². The topological polar surface area (TPSA) is 59.0 Å². The van der Waals surface area contributed by atoms with Gasteiger partial charge in [0.05, 0.1) is 28.9 Å². The van der Waals surface area contributed by atoms with Crippen molar-refractivity contribution in [2.24, 2.45) is 0 Å². The predicted octanol–water partition coefficient (Wildman–Crippen LogP) is 4.88. The van der Waals surface area contributed by atoms with Crippen LogP contribution in [0.3, 0.4) is 0 Å². The van der Waals surface area contributed by atoms with Crippen molar-refractivity contribution in [3.05, 3.63) is 58.5 Å². The first-order valence-corrected chi connectivity index (χ1v) is 8.25. The molecule has 8 heteroatoms. The van der Waals surface area contributed by atoms with Crippen molar-refractivity contribution in [3.8, 4) is 17.4 Å². The number of hydrogen-bond donors (Lipinski definition) is 2. The van der Waals surface area contributed by atoms with Gasteiger partial charge in [0, 0.05) is 0 Å². The molecular weight excluding hydrogens is 361 g/mol. The van der Waals surface area contributed by atoms with Crippen LogP contribution < -0.4 is 0 Å². The highest BCUT2D eigenvalue weighted by Crippen LogP contribution is 2.62. The van der Waals surface area contributed by atoms with Crippen molar-refractivity contribution in [2.75, 3.05) is 0 Å². The number of benzene rings is 1. The lowest BCUT2D eigenvalue weighted by molar-refractivity contribution is -0.136. The maximum absolute atomic E-state index is 13.3. The minimum atomic E-state index is -4.74. The summed E-state index contributed by atoms with van der Waals surface area (Å²) in [5.41, 5.74) is -2.97. The van der Waals surface area contributed by atoms with Crippen LogP contribution in [-0.2, 0) is 22.1 Å². The average Bonchev–Trinajstić information content (AvgIpc) is 3.19. The fraction of sp³-hybridized carbons (Fsp3) is 0.316. The van der Waals surface area contributed by atoms with Crippen LogP contribution in [0, 0.1) is 6.57 Å². The number of rotatable bonds is 2. The summed E-state index contributed by atoms with van der Waals surface area (Å²) in [5, 5.41) is 21.5. The standard InChI is InChI=1S/C19H15F3N2O3/c1-4-18-8-7-17(2,27-18)13-14(18)16(26)24(15(13)25)10-5-6-12(23-3)11(9-10)19(20,21)22/h5-9,25-26H,4H2,1-2H3. The van der Waals surface area contributed by atoms with Crippen LogP contribution in [0.15, 0.2) is 30.4 Å². The van der Waals surface area contributed by atoms with Crippen LogP contribution in [0.1, 0.15) is 37.0 Å². The third-order valence-corrected chi connectivity index (χ3v) is 5.29. The van der Waals surface area contributed by atoms with Gasteiger partial charge in [-0.1, -0.05) is 13.0 Å². The normalized spacial score (nSPS) is 25.6. The van der Waals surface area contributed by atoms with Crippen molar-refractivity contribution in [2.45, 2.75) is 37.6 Å². The molecule has 27 heavy (non-hydrogen) atoms. The second-order valence-corrected chi connectivity index (χ2v) is 6.83. The van der Waals surface area contributed by atoms with Crippen LogP contribution in [0.4, 0.5) is 18.9 Å². The Morgan fingerprint density at radius 2 is 1.85 bits per heavy atom. The fourth-order valence-electron chi connectivity index (χ4n) is 4.03. The summed E-state index contributed by atoms with van der Waals surface area (Å²) in [5.74, 6) is -0.755. The first kappa shape index (κ1) is 17.5. The molecule has 0 amide bonds. The van der Waals surface area contributed by atoms with Gasteiger partial charge in [0.15, 0.2) is 5.69 Å². The molecule has 1 aromatic heterocycles. The number of aromatic nitrogens is 1. The highest BCUT2D eigenvalue weighted by Gasteiger charge is 2.57. The van der Waals surface area contributed by atoms with Gasteiger partial charge in [-0.2, -0.15) is 13.2 Å². The van der Waals surface area contributed by atoms with E-state index in [0.717, 1.165) is 16.7 Å². The molecule has 0 saturated carbocycles. The number of aromatic hydroxyl groups is 2. The summed E-state index contributed by atoms with van der Waals surface area (Å²) in [6.07, 6.45) is -0.696. The van der Waals surface area contributed by atoms with Crippen molar-refractivity contribution in [1.29, 1.82) is 0 Å². The first-order valence-electron chi connectivity index (χ1n) is 8.25. The zero-order chi connectivity index (χ0) is 19.8. The zero-order valence-corrected chi connectivity index (χ0v) is 14.4. The van der Waals surface area contributed by atoms with Crippen molar-refractivity contribution in [3.63, 3.8) is 0 Å². The molecule has 0 radical (unpaired) electrons. The van der Waals surface area contributed by atoms with E-state index in [1.165, 1.54) is 6.07 Å². The van der Waals surface area contributed by atoms with Gasteiger partial charge in [0.1, 0.15) is 11.2 Å². The Bertz CT molecular complexity index is 1050. The van der Waals surface area contributed by atoms with E-state index in [4.69, 9.17) is 11.3 Å². The Morgan fingerprint density at radius 3 is 2.44 bits per heavy atom. The van der Waals surface area contributed by atoms with Gasteiger partial charge in [-0.25, -0.2) is 4.85 Å². The van der Waals surface area contributed by atoms with Gasteiger partial charge in [0.25, 0.3) is 0 Å². The van der Waals surface area contributed by atoms with Crippen molar-refractivity contribution in [1.82, 2.24) is 4.57 Å². The third-order valence-electron chi connectivity index (χ3n) is 5.29. The van der Waals surface area contributed by atoms with Crippen molar-refractivity contribution < 1.29 is 28.1 Å². The van der Waals surface area contributed by atoms with Gasteiger partial charge in [0.2, 0.25) is 11.8 Å². The first-order chi connectivity index (χ1) is 12.6. The van der Waals surface area contributed by atoms with E-state index >= 15 is 0 Å². The van der Waals surface area contributed by atoms with Crippen LogP contribution in [0.25, 0.3) is 10.5 Å². The monoisotopic (exact) mass is 376 g/mol. The van der Waals surface area contributed by atoms with E-state index < -0.39 is 28.6 Å². The molecule has 2 N–H and O–H groups in total. The molecule has 4 rings (SSSR count). The Kier molecular flexibility index (Phi) is 3.29. The Hall–Kier alpha value is -2.92. The summed E-state index contributed by atoms with van der Waals surface area (Å²) >= 11 is 0. The summed E-state index contributed by atoms with van der Waals surface area (Å²) in [6.45, 7) is 10.5. The lowest BCUT2D eigenvalue weighted by Crippen LogP contribution is -2.21. The lowest BCUT2D eigenvalue weighted by atomic mass is 9.83. The molecule has 0 aliphatic carbocycles. The molecule has 2 atom stereocenters. The molecule has 1 aromatic carbocycles. The highest BCUT2D eigenvalue weighted by atomic mass is 19.4. The van der Waals surface area contributed by atoms with Gasteiger partial charge in [-0.05, 0) is 37.6 Å². The van der Waals surface area contributed by atoms with Gasteiger partial charge < -0.3 is 14.9 Å². The Morgan fingerprint density at radius 1 is 1.19 bits per heavy atom. The molecule has 3 heterocycles. The molecule has 0 fully saturated rings. The number of hydrogen-bond acceptors (Lipinski definition) is 3. The van der Waals surface area contributed by atoms with Crippen LogP contribution >= 0.6 is 0 Å². The molecule has 2 aliphatic rings. The maximum atomic E-state index is 13.3. The lowest BCUT2D eigenvalue weighted by Gasteiger charge is -2.24. The molecule has 2 unspecified atom stereocenters. The van der Waals surface area contributed by atoms with Crippen LogP contribution in [-0.4, -0.2) is 14.8 Å². The molecule has 0 spiro atoms. The maximum Gasteiger partial charge on any atom is 0.407 e. The summed E-state index contributed by atoms with van der Waals surface area (Å²) in [4.78, 5) is 2.90. The minimum absolute atomic E-state index is 0.0895. The zero-order valence-electron chi connectivity index (χ0n) is 14.4. The predicted molar refractivity (Wildman–Crippen MR) is 89.9 cm³/mol. The van der Waals surface area contributed by atoms with Gasteiger partial charge in [-0.3, -0.25) is 4.57 Å². The number of ether oxygens (including phenoxy) is 1. The number of nitrogens with zero attached hydrogens (tertiary/aromatic N) is 2. The summed E-state index contributed by atoms with van der Waals surface area (Å²) in [6, 6.07) is 3.03.